The Morgan fingerprint density at radius 2 is 0.914 bits per heavy atom. The number of furan rings is 2. The van der Waals surface area contributed by atoms with Crippen molar-refractivity contribution in [3.05, 3.63) is 169 Å². The lowest BCUT2D eigenvalue weighted by atomic mass is 9.95. The Kier molecular flexibility index (Phi) is 6.52. The van der Waals surface area contributed by atoms with Crippen LogP contribution in [0.15, 0.2) is 167 Å². The molecule has 0 amide bonds. The van der Waals surface area contributed by atoms with Crippen LogP contribution in [0.5, 0.6) is 0 Å². The van der Waals surface area contributed by atoms with E-state index in [1.807, 2.05) is 130 Å². The van der Waals surface area contributed by atoms with E-state index >= 15 is 0 Å². The van der Waals surface area contributed by atoms with E-state index < -0.39 is 11.7 Å². The minimum Gasteiger partial charge on any atom is -0.456 e. The standard InChI is InChI=1S/C50H26F3N3O2/c51-50(52,53)37-16-6-1-11-29(37)28-25-40(55-38-17-7-2-12-30(38)32-21-23-44-46(48(32)55)34-14-4-9-19-42(34)57-44)36(27-54)41(26-28)56-39-18-8-3-13-31(39)33-22-24-45-47(49(33)56)35-15-5-10-20-43(35)58-45/h1-26H. The maximum atomic E-state index is 15.0. The van der Waals surface area contributed by atoms with Crippen LogP contribution in [-0.2, 0) is 6.18 Å². The summed E-state index contributed by atoms with van der Waals surface area (Å²) in [5, 5.41) is 18.7. The Balaban J connectivity index is 1.32. The summed E-state index contributed by atoms with van der Waals surface area (Å²) in [6, 6.07) is 51.1. The molecule has 0 aliphatic heterocycles. The van der Waals surface area contributed by atoms with Gasteiger partial charge in [-0.2, -0.15) is 18.4 Å². The quantitative estimate of drug-likeness (QED) is 0.180. The molecule has 0 atom stereocenters. The van der Waals surface area contributed by atoms with Crippen molar-refractivity contribution in [1.29, 1.82) is 5.26 Å². The van der Waals surface area contributed by atoms with E-state index in [9.17, 15) is 18.4 Å². The van der Waals surface area contributed by atoms with Gasteiger partial charge in [-0.15, -0.1) is 0 Å². The third-order valence-corrected chi connectivity index (χ3v) is 11.6. The van der Waals surface area contributed by atoms with E-state index in [2.05, 4.69) is 6.07 Å². The molecule has 4 aromatic heterocycles. The number of aromatic nitrogens is 2. The molecule has 58 heavy (non-hydrogen) atoms. The van der Waals surface area contributed by atoms with Gasteiger partial charge in [-0.25, -0.2) is 0 Å². The molecule has 274 valence electrons. The molecule has 0 unspecified atom stereocenters. The van der Waals surface area contributed by atoms with Crippen LogP contribution in [0, 0.1) is 11.3 Å². The number of rotatable bonds is 3. The molecule has 5 nitrogen and oxygen atoms in total. The molecule has 4 heterocycles. The molecule has 0 N–H and O–H groups in total. The average Bonchev–Trinajstić information content (AvgIpc) is 4.00. The number of hydrogen-bond donors (Lipinski definition) is 0. The van der Waals surface area contributed by atoms with Crippen LogP contribution >= 0.6 is 0 Å². The number of halogens is 3. The first-order valence-corrected chi connectivity index (χ1v) is 18.8. The van der Waals surface area contributed by atoms with Crippen LogP contribution in [0.2, 0.25) is 0 Å². The number of para-hydroxylation sites is 4. The van der Waals surface area contributed by atoms with Gasteiger partial charge in [0.15, 0.2) is 0 Å². The van der Waals surface area contributed by atoms with Gasteiger partial charge in [0, 0.05) is 32.3 Å². The second-order valence-corrected chi connectivity index (χ2v) is 14.6. The van der Waals surface area contributed by atoms with Crippen molar-refractivity contribution >= 4 is 87.5 Å². The Bertz CT molecular complexity index is 3550. The van der Waals surface area contributed by atoms with E-state index in [1.54, 1.807) is 18.2 Å². The summed E-state index contributed by atoms with van der Waals surface area (Å²) in [6.45, 7) is 0. The topological polar surface area (TPSA) is 59.9 Å². The van der Waals surface area contributed by atoms with Crippen molar-refractivity contribution < 1.29 is 22.0 Å². The Hall–Kier alpha value is -7.76. The number of nitrogens with zero attached hydrogens (tertiary/aromatic N) is 3. The summed E-state index contributed by atoms with van der Waals surface area (Å²) in [6.07, 6.45) is -4.64. The zero-order valence-electron chi connectivity index (χ0n) is 30.3. The molecule has 0 radical (unpaired) electrons. The number of alkyl halides is 3. The van der Waals surface area contributed by atoms with Gasteiger partial charge >= 0.3 is 6.18 Å². The molecular formula is C50H26F3N3O2. The molecule has 0 bridgehead atoms. The highest BCUT2D eigenvalue weighted by Gasteiger charge is 2.34. The molecule has 0 spiro atoms. The van der Waals surface area contributed by atoms with Crippen molar-refractivity contribution in [2.24, 2.45) is 0 Å². The fraction of sp³-hybridized carbons (Fsp3) is 0.0200. The minimum atomic E-state index is -4.64. The monoisotopic (exact) mass is 757 g/mol. The van der Waals surface area contributed by atoms with Gasteiger partial charge in [-0.3, -0.25) is 0 Å². The minimum absolute atomic E-state index is 0.00124. The number of hydrogen-bond acceptors (Lipinski definition) is 3. The van der Waals surface area contributed by atoms with Gasteiger partial charge in [0.2, 0.25) is 0 Å². The molecular weight excluding hydrogens is 732 g/mol. The zero-order valence-corrected chi connectivity index (χ0v) is 30.3. The summed E-state index contributed by atoms with van der Waals surface area (Å²) in [7, 11) is 0. The first-order valence-electron chi connectivity index (χ1n) is 18.8. The lowest BCUT2D eigenvalue weighted by Gasteiger charge is -2.20. The predicted molar refractivity (Wildman–Crippen MR) is 225 cm³/mol. The predicted octanol–water partition coefficient (Wildman–Crippen LogP) is 14.2. The first-order chi connectivity index (χ1) is 28.4. The second kappa shape index (κ2) is 11.6. The van der Waals surface area contributed by atoms with Crippen LogP contribution in [0.25, 0.3) is 110 Å². The van der Waals surface area contributed by atoms with Gasteiger partial charge in [0.25, 0.3) is 0 Å². The Morgan fingerprint density at radius 1 is 0.466 bits per heavy atom. The van der Waals surface area contributed by atoms with E-state index in [0.29, 0.717) is 39.3 Å². The molecule has 12 rings (SSSR count). The molecule has 0 fully saturated rings. The molecule has 0 saturated heterocycles. The average molecular weight is 758 g/mol. The first kappa shape index (κ1) is 32.5. The van der Waals surface area contributed by atoms with E-state index in [0.717, 1.165) is 71.2 Å². The number of nitriles is 1. The molecule has 8 aromatic carbocycles. The van der Waals surface area contributed by atoms with E-state index in [-0.39, 0.29) is 11.1 Å². The summed E-state index contributed by atoms with van der Waals surface area (Å²) < 4.78 is 61.7. The van der Waals surface area contributed by atoms with Gasteiger partial charge in [0.1, 0.15) is 34.0 Å². The highest BCUT2D eigenvalue weighted by Crippen LogP contribution is 2.47. The van der Waals surface area contributed by atoms with Crippen molar-refractivity contribution in [2.75, 3.05) is 0 Å². The highest BCUT2D eigenvalue weighted by molar-refractivity contribution is 6.26. The smallest absolute Gasteiger partial charge is 0.417 e. The van der Waals surface area contributed by atoms with Crippen molar-refractivity contribution in [1.82, 2.24) is 9.13 Å². The van der Waals surface area contributed by atoms with Crippen molar-refractivity contribution in [3.63, 3.8) is 0 Å². The van der Waals surface area contributed by atoms with E-state index in [4.69, 9.17) is 8.83 Å². The SMILES string of the molecule is N#Cc1c(-n2c3ccccc3c3ccc4oc5ccccc5c4c32)cc(-c2ccccc2C(F)(F)F)cc1-n1c2ccccc2c2ccc3oc4ccccc4c3c21. The fourth-order valence-electron chi connectivity index (χ4n) is 9.25. The molecule has 8 heteroatoms. The highest BCUT2D eigenvalue weighted by atomic mass is 19.4. The summed E-state index contributed by atoms with van der Waals surface area (Å²) >= 11 is 0. The molecule has 0 aliphatic rings. The molecule has 0 aliphatic carbocycles. The largest absolute Gasteiger partial charge is 0.456 e. The van der Waals surface area contributed by atoms with Crippen LogP contribution in [0.4, 0.5) is 13.2 Å². The third kappa shape index (κ3) is 4.35. The van der Waals surface area contributed by atoms with Crippen LogP contribution in [0.3, 0.4) is 0 Å². The summed E-state index contributed by atoms with van der Waals surface area (Å²) in [4.78, 5) is 0. The van der Waals surface area contributed by atoms with Gasteiger partial charge in [-0.05, 0) is 77.9 Å². The van der Waals surface area contributed by atoms with Gasteiger partial charge in [0.05, 0.1) is 49.8 Å². The maximum absolute atomic E-state index is 15.0. The van der Waals surface area contributed by atoms with Gasteiger partial charge < -0.3 is 18.0 Å². The summed E-state index contributed by atoms with van der Waals surface area (Å²) in [5.41, 5.74) is 6.60. The lowest BCUT2D eigenvalue weighted by molar-refractivity contribution is -0.137. The second-order valence-electron chi connectivity index (χ2n) is 14.6. The van der Waals surface area contributed by atoms with Crippen molar-refractivity contribution in [3.8, 4) is 28.6 Å². The summed E-state index contributed by atoms with van der Waals surface area (Å²) in [5.74, 6) is 0. The van der Waals surface area contributed by atoms with Crippen LogP contribution in [0.1, 0.15) is 11.1 Å². The van der Waals surface area contributed by atoms with Crippen molar-refractivity contribution in [2.45, 2.75) is 6.18 Å². The Morgan fingerprint density at radius 3 is 1.41 bits per heavy atom. The van der Waals surface area contributed by atoms with Crippen LogP contribution in [-0.4, -0.2) is 9.13 Å². The Labute approximate surface area is 326 Å². The van der Waals surface area contributed by atoms with Gasteiger partial charge in [-0.1, -0.05) is 91.0 Å². The fourth-order valence-corrected chi connectivity index (χ4v) is 9.25. The third-order valence-electron chi connectivity index (χ3n) is 11.6. The van der Waals surface area contributed by atoms with Crippen LogP contribution < -0.4 is 0 Å². The lowest BCUT2D eigenvalue weighted by Crippen LogP contribution is -2.09. The number of benzene rings is 8. The molecule has 0 saturated carbocycles. The zero-order chi connectivity index (χ0) is 38.9. The maximum Gasteiger partial charge on any atom is 0.417 e. The van der Waals surface area contributed by atoms with E-state index in [1.165, 1.54) is 12.1 Å². The normalized spacial score (nSPS) is 12.4. The number of fused-ring (bicyclic) bond motifs is 14. The molecule has 12 aromatic rings.